The molecular weight excluding hydrogens is 374 g/mol. The van der Waals surface area contributed by atoms with Crippen molar-refractivity contribution in [2.45, 2.75) is 9.79 Å². The predicted octanol–water partition coefficient (Wildman–Crippen LogP) is -5.93. The van der Waals surface area contributed by atoms with Crippen LogP contribution < -0.4 is 108 Å². The van der Waals surface area contributed by atoms with Gasteiger partial charge in [-0.3, -0.25) is 4.55 Å². The Bertz CT molecular complexity index is 876. The third kappa shape index (κ3) is 5.29. The van der Waals surface area contributed by atoms with Gasteiger partial charge >= 0.3 is 103 Å². The Hall–Kier alpha value is 1.59. The molecule has 0 fully saturated rings. The number of hydrogen-bond donors (Lipinski definition) is 1. The van der Waals surface area contributed by atoms with E-state index in [1.54, 1.807) is 0 Å². The van der Waals surface area contributed by atoms with E-state index in [9.17, 15) is 26.5 Å². The summed E-state index contributed by atoms with van der Waals surface area (Å²) in [6.07, 6.45) is 0. The van der Waals surface area contributed by atoms with Crippen LogP contribution in [0, 0.1) is 0 Å². The molecule has 2 aromatic rings. The zero-order chi connectivity index (χ0) is 14.4. The van der Waals surface area contributed by atoms with E-state index in [1.807, 2.05) is 0 Å². The van der Waals surface area contributed by atoms with Crippen LogP contribution in [0.25, 0.3) is 10.8 Å². The van der Waals surface area contributed by atoms with Crippen molar-refractivity contribution in [1.82, 2.24) is 0 Å². The van der Waals surface area contributed by atoms with Gasteiger partial charge in [0.25, 0.3) is 10.1 Å². The standard InChI is InChI=1S/C10H8O7S2.2K/c11-6-1-2-7-8(5-6)10(19(15,16)17)4-3-9(7)18(12,13)14;;/h1-5,11H,(H,12,13,14)(H,15,16,17);;/q;2*+1/p-2. The summed E-state index contributed by atoms with van der Waals surface area (Å²) >= 11 is 0. The quantitative estimate of drug-likeness (QED) is 0.405. The van der Waals surface area contributed by atoms with E-state index in [1.165, 1.54) is 0 Å². The van der Waals surface area contributed by atoms with Crippen LogP contribution in [0.4, 0.5) is 0 Å². The molecular formula is C10H6K2O7S2. The van der Waals surface area contributed by atoms with Crippen molar-refractivity contribution in [3.05, 3.63) is 30.3 Å². The van der Waals surface area contributed by atoms with Gasteiger partial charge in [-0.2, -0.15) is 8.42 Å². The number of fused-ring (bicyclic) bond motifs is 1. The maximum absolute atomic E-state index is 11.2. The van der Waals surface area contributed by atoms with Gasteiger partial charge in [0.2, 0.25) is 0 Å². The Morgan fingerprint density at radius 1 is 0.857 bits per heavy atom. The summed E-state index contributed by atoms with van der Waals surface area (Å²) in [5.41, 5.74) is 0. The van der Waals surface area contributed by atoms with Crippen LogP contribution >= 0.6 is 0 Å². The molecule has 2 aromatic carbocycles. The van der Waals surface area contributed by atoms with Crippen molar-refractivity contribution >= 4 is 31.0 Å². The molecule has 0 radical (unpaired) electrons. The Labute approximate surface area is 206 Å². The summed E-state index contributed by atoms with van der Waals surface area (Å²) in [5, 5.41) is 10.7. The summed E-state index contributed by atoms with van der Waals surface area (Å²) in [4.78, 5) is -1.29. The maximum atomic E-state index is 11.2. The van der Waals surface area contributed by atoms with Crippen LogP contribution in [0.3, 0.4) is 0 Å². The summed E-state index contributed by atoms with van der Waals surface area (Å²) in [5.74, 6) is -0.585. The first-order valence-corrected chi connectivity index (χ1v) is 7.63. The molecule has 0 spiro atoms. The molecule has 21 heavy (non-hydrogen) atoms. The number of benzene rings is 2. The van der Waals surface area contributed by atoms with Crippen molar-refractivity contribution in [1.29, 1.82) is 0 Å². The zero-order valence-corrected chi connectivity index (χ0v) is 19.0. The molecule has 0 bridgehead atoms. The van der Waals surface area contributed by atoms with E-state index in [0.717, 1.165) is 30.3 Å². The average molecular weight is 380 g/mol. The second-order valence-electron chi connectivity index (χ2n) is 3.70. The molecule has 2 rings (SSSR count). The van der Waals surface area contributed by atoms with Gasteiger partial charge in [-0.1, -0.05) is 18.2 Å². The Kier molecular flexibility index (Phi) is 8.73. The third-order valence-electron chi connectivity index (χ3n) is 2.46. The topological polar surface area (TPSA) is 135 Å². The summed E-state index contributed by atoms with van der Waals surface area (Å²) in [6.45, 7) is 0. The molecule has 7 nitrogen and oxygen atoms in total. The first kappa shape index (κ1) is 22.6. The van der Waals surface area contributed by atoms with E-state index in [-0.39, 0.29) is 114 Å². The Balaban J connectivity index is 0.00000200. The molecule has 1 N–H and O–H groups in total. The third-order valence-corrected chi connectivity index (χ3v) is 4.26. The second-order valence-corrected chi connectivity index (χ2v) is 6.44. The fraction of sp³-hybridized carbons (Fsp3) is 0. The van der Waals surface area contributed by atoms with Gasteiger partial charge in [-0.05, 0) is 12.1 Å². The minimum atomic E-state index is -4.83. The van der Waals surface area contributed by atoms with Gasteiger partial charge in [0, 0.05) is 10.8 Å². The summed E-state index contributed by atoms with van der Waals surface area (Å²) < 4.78 is 64.4. The number of hydrogen-bond acceptors (Lipinski definition) is 6. The van der Waals surface area contributed by atoms with E-state index >= 15 is 0 Å². The minimum absolute atomic E-state index is 0. The van der Waals surface area contributed by atoms with Gasteiger partial charge in [0.1, 0.15) is 15.0 Å². The summed E-state index contributed by atoms with van der Waals surface area (Å²) in [7, 11) is -9.48. The van der Waals surface area contributed by atoms with Crippen LogP contribution in [0.2, 0.25) is 0 Å². The van der Waals surface area contributed by atoms with Crippen molar-refractivity contribution in [3.8, 4) is 5.75 Å². The van der Waals surface area contributed by atoms with Crippen LogP contribution in [0.1, 0.15) is 0 Å². The monoisotopic (exact) mass is 380 g/mol. The Morgan fingerprint density at radius 3 is 1.86 bits per heavy atom. The molecule has 0 saturated heterocycles. The van der Waals surface area contributed by atoms with Crippen LogP contribution in [-0.2, 0) is 20.2 Å². The summed E-state index contributed by atoms with van der Waals surface area (Å²) in [6, 6.07) is 4.40. The Morgan fingerprint density at radius 2 is 1.38 bits per heavy atom. The largest absolute Gasteiger partial charge is 1.00 e. The van der Waals surface area contributed by atoms with Crippen molar-refractivity contribution in [2.75, 3.05) is 0 Å². The molecule has 0 aromatic heterocycles. The molecule has 0 heterocycles. The smallest absolute Gasteiger partial charge is 0.872 e. The second kappa shape index (κ2) is 8.11. The van der Waals surface area contributed by atoms with E-state index in [2.05, 4.69) is 0 Å². The van der Waals surface area contributed by atoms with Gasteiger partial charge in [-0.25, -0.2) is 8.42 Å². The molecule has 0 aliphatic heterocycles. The van der Waals surface area contributed by atoms with Crippen molar-refractivity contribution in [2.24, 2.45) is 0 Å². The van der Waals surface area contributed by atoms with Gasteiger partial charge in [0.15, 0.2) is 0 Å². The first-order valence-electron chi connectivity index (χ1n) is 4.78. The normalized spacial score (nSPS) is 11.5. The fourth-order valence-corrected chi connectivity index (χ4v) is 3.08. The van der Waals surface area contributed by atoms with E-state index < -0.39 is 35.8 Å². The predicted molar refractivity (Wildman–Crippen MR) is 61.2 cm³/mol. The van der Waals surface area contributed by atoms with Crippen LogP contribution in [0.15, 0.2) is 40.1 Å². The van der Waals surface area contributed by atoms with Gasteiger partial charge in [-0.15, -0.1) is 5.75 Å². The molecule has 0 unspecified atom stereocenters. The van der Waals surface area contributed by atoms with E-state index in [4.69, 9.17) is 4.55 Å². The molecule has 11 heteroatoms. The average Bonchev–Trinajstić information content (AvgIpc) is 2.24. The van der Waals surface area contributed by atoms with Gasteiger partial charge in [0.05, 0.1) is 4.90 Å². The maximum Gasteiger partial charge on any atom is 1.00 e. The molecule has 0 amide bonds. The van der Waals surface area contributed by atoms with Crippen molar-refractivity contribution in [3.63, 3.8) is 0 Å². The van der Waals surface area contributed by atoms with Gasteiger partial charge < -0.3 is 9.66 Å². The molecule has 0 aliphatic carbocycles. The van der Waals surface area contributed by atoms with Crippen LogP contribution in [-0.4, -0.2) is 25.9 Å². The van der Waals surface area contributed by atoms with Crippen LogP contribution in [0.5, 0.6) is 5.75 Å². The zero-order valence-electron chi connectivity index (χ0n) is 11.1. The van der Waals surface area contributed by atoms with Crippen molar-refractivity contribution < 1.29 is 134 Å². The fourth-order valence-electron chi connectivity index (χ4n) is 1.72. The number of rotatable bonds is 2. The SMILES string of the molecule is O=S(=O)([O-])c1ccc(S(=O)(=O)O)c2cc([O-])ccc12.[K+].[K+]. The molecule has 0 saturated carbocycles. The molecule has 0 atom stereocenters. The van der Waals surface area contributed by atoms with E-state index in [0.29, 0.717) is 0 Å². The minimum Gasteiger partial charge on any atom is -0.872 e. The first-order chi connectivity index (χ1) is 8.60. The molecule has 102 valence electrons. The molecule has 0 aliphatic rings.